The molecule has 7 heteroatoms. The van der Waals surface area contributed by atoms with Crippen LogP contribution in [0.25, 0.3) is 5.76 Å². The Kier molecular flexibility index (Phi) is 6.67. The van der Waals surface area contributed by atoms with Crippen molar-refractivity contribution in [2.75, 3.05) is 11.5 Å². The molecule has 1 fully saturated rings. The average Bonchev–Trinajstić information content (AvgIpc) is 3.09. The second kappa shape index (κ2) is 9.57. The first-order valence-electron chi connectivity index (χ1n) is 11.6. The predicted molar refractivity (Wildman–Crippen MR) is 134 cm³/mol. The summed E-state index contributed by atoms with van der Waals surface area (Å²) in [6.45, 7) is 8.28. The molecule has 1 saturated heterocycles. The summed E-state index contributed by atoms with van der Waals surface area (Å²) in [4.78, 5) is 27.6. The van der Waals surface area contributed by atoms with Gasteiger partial charge in [-0.3, -0.25) is 14.5 Å². The van der Waals surface area contributed by atoms with Gasteiger partial charge in [0.2, 0.25) is 0 Å². The van der Waals surface area contributed by atoms with Gasteiger partial charge in [-0.25, -0.2) is 8.78 Å². The first-order chi connectivity index (χ1) is 17.0. The van der Waals surface area contributed by atoms with Crippen molar-refractivity contribution >= 4 is 23.1 Å². The van der Waals surface area contributed by atoms with E-state index in [1.807, 2.05) is 27.7 Å². The maximum Gasteiger partial charge on any atom is 0.300 e. The highest BCUT2D eigenvalue weighted by Crippen LogP contribution is 2.43. The van der Waals surface area contributed by atoms with E-state index >= 15 is 4.39 Å². The van der Waals surface area contributed by atoms with Crippen LogP contribution >= 0.6 is 0 Å². The third kappa shape index (κ3) is 4.49. The van der Waals surface area contributed by atoms with Crippen molar-refractivity contribution in [1.82, 2.24) is 0 Å². The first-order valence-corrected chi connectivity index (χ1v) is 11.6. The molecule has 1 heterocycles. The number of amides is 1. The van der Waals surface area contributed by atoms with Crippen molar-refractivity contribution in [3.63, 3.8) is 0 Å². The lowest BCUT2D eigenvalue weighted by Crippen LogP contribution is -2.29. The van der Waals surface area contributed by atoms with Crippen LogP contribution in [-0.2, 0) is 15.0 Å². The summed E-state index contributed by atoms with van der Waals surface area (Å²) in [5, 5.41) is 11.4. The average molecular weight is 492 g/mol. The Morgan fingerprint density at radius 2 is 1.67 bits per heavy atom. The van der Waals surface area contributed by atoms with E-state index in [2.05, 4.69) is 0 Å². The summed E-state index contributed by atoms with van der Waals surface area (Å²) in [7, 11) is 0. The summed E-state index contributed by atoms with van der Waals surface area (Å²) in [6, 6.07) is 14.5. The molecule has 1 aliphatic heterocycles. The van der Waals surface area contributed by atoms with Gasteiger partial charge in [-0.05, 0) is 60.9 Å². The summed E-state index contributed by atoms with van der Waals surface area (Å²) >= 11 is 0. The largest absolute Gasteiger partial charge is 0.507 e. The minimum atomic E-state index is -1.25. The summed E-state index contributed by atoms with van der Waals surface area (Å²) < 4.78 is 34.4. The Morgan fingerprint density at radius 3 is 2.28 bits per heavy atom. The van der Waals surface area contributed by atoms with Gasteiger partial charge in [0.15, 0.2) is 0 Å². The smallest absolute Gasteiger partial charge is 0.300 e. The lowest BCUT2D eigenvalue weighted by Gasteiger charge is -2.26. The highest BCUT2D eigenvalue weighted by Gasteiger charge is 2.47. The van der Waals surface area contributed by atoms with Gasteiger partial charge in [0, 0.05) is 22.4 Å². The van der Waals surface area contributed by atoms with Gasteiger partial charge in [0.25, 0.3) is 11.7 Å². The number of Topliss-reactive ketones (excluding diaryl/α,β-unsaturated/α-hetero) is 1. The van der Waals surface area contributed by atoms with Gasteiger partial charge in [-0.1, -0.05) is 39.0 Å². The van der Waals surface area contributed by atoms with Crippen molar-refractivity contribution < 1.29 is 28.2 Å². The SMILES string of the molecule is CCOc1ccc(/C(O)=C2\C(=O)C(=O)N(c3ccc(F)cc3)C2c2ccccc2F)cc1C(C)(C)C. The van der Waals surface area contributed by atoms with Crippen LogP contribution in [0.2, 0.25) is 0 Å². The second-order valence-electron chi connectivity index (χ2n) is 9.56. The lowest BCUT2D eigenvalue weighted by molar-refractivity contribution is -0.132. The Labute approximate surface area is 208 Å². The number of halogens is 2. The number of anilines is 1. The fourth-order valence-corrected chi connectivity index (χ4v) is 4.39. The molecule has 1 amide bonds. The number of carbonyl (C=O) groups excluding carboxylic acids is 2. The van der Waals surface area contributed by atoms with Gasteiger partial charge in [0.1, 0.15) is 23.1 Å². The number of nitrogens with zero attached hydrogens (tertiary/aromatic N) is 1. The zero-order valence-corrected chi connectivity index (χ0v) is 20.5. The van der Waals surface area contributed by atoms with Gasteiger partial charge in [0.05, 0.1) is 18.2 Å². The van der Waals surface area contributed by atoms with Gasteiger partial charge in [-0.2, -0.15) is 0 Å². The molecule has 3 aromatic rings. The Morgan fingerprint density at radius 1 is 1.00 bits per heavy atom. The molecule has 0 aromatic heterocycles. The van der Waals surface area contributed by atoms with E-state index in [0.29, 0.717) is 17.9 Å². The molecular formula is C29H27F2NO4. The van der Waals surface area contributed by atoms with Crippen LogP contribution in [0, 0.1) is 11.6 Å². The van der Waals surface area contributed by atoms with Crippen molar-refractivity contribution in [3.05, 3.63) is 101 Å². The number of ether oxygens (including phenoxy) is 1. The number of aliphatic hydroxyl groups excluding tert-OH is 1. The van der Waals surface area contributed by atoms with Gasteiger partial charge < -0.3 is 9.84 Å². The number of carbonyl (C=O) groups is 2. The highest BCUT2D eigenvalue weighted by molar-refractivity contribution is 6.51. The quantitative estimate of drug-likeness (QED) is 0.259. The molecule has 0 aliphatic carbocycles. The van der Waals surface area contributed by atoms with E-state index in [1.165, 1.54) is 30.3 Å². The van der Waals surface area contributed by atoms with Gasteiger partial charge >= 0.3 is 0 Å². The highest BCUT2D eigenvalue weighted by atomic mass is 19.1. The predicted octanol–water partition coefficient (Wildman–Crippen LogP) is 6.29. The molecule has 1 N–H and O–H groups in total. The molecule has 0 saturated carbocycles. The molecule has 3 aromatic carbocycles. The molecule has 186 valence electrons. The monoisotopic (exact) mass is 491 g/mol. The minimum absolute atomic E-state index is 0.0320. The number of aliphatic hydroxyl groups is 1. The topological polar surface area (TPSA) is 66.8 Å². The fraction of sp³-hybridized carbons (Fsp3) is 0.241. The molecule has 1 unspecified atom stereocenters. The molecule has 1 atom stereocenters. The lowest BCUT2D eigenvalue weighted by atomic mass is 9.84. The molecule has 0 radical (unpaired) electrons. The van der Waals surface area contributed by atoms with Crippen LogP contribution in [0.1, 0.15) is 50.4 Å². The van der Waals surface area contributed by atoms with Crippen molar-refractivity contribution in [1.29, 1.82) is 0 Å². The zero-order chi connectivity index (χ0) is 26.2. The fourth-order valence-electron chi connectivity index (χ4n) is 4.39. The van der Waals surface area contributed by atoms with E-state index in [0.717, 1.165) is 22.6 Å². The molecule has 0 bridgehead atoms. The second-order valence-corrected chi connectivity index (χ2v) is 9.56. The number of hydrogen-bond acceptors (Lipinski definition) is 4. The maximum absolute atomic E-state index is 15.0. The summed E-state index contributed by atoms with van der Waals surface area (Å²) in [5.41, 5.74) is 0.716. The van der Waals surface area contributed by atoms with E-state index in [-0.39, 0.29) is 22.2 Å². The third-order valence-electron chi connectivity index (χ3n) is 6.11. The number of benzene rings is 3. The standard InChI is InChI=1S/C29H27F2NO4/c1-5-36-23-15-10-17(16-21(23)29(2,3)4)26(33)24-25(20-8-6-7-9-22(20)31)32(28(35)27(24)34)19-13-11-18(30)12-14-19/h6-16,25,33H,5H2,1-4H3/b26-24+. The summed E-state index contributed by atoms with van der Waals surface area (Å²) in [6.07, 6.45) is 0. The van der Waals surface area contributed by atoms with Crippen LogP contribution < -0.4 is 9.64 Å². The van der Waals surface area contributed by atoms with E-state index < -0.39 is 35.1 Å². The third-order valence-corrected chi connectivity index (χ3v) is 6.11. The molecule has 1 aliphatic rings. The van der Waals surface area contributed by atoms with Crippen molar-refractivity contribution in [2.24, 2.45) is 0 Å². The number of ketones is 1. The molecular weight excluding hydrogens is 464 g/mol. The Hall–Kier alpha value is -4.00. The normalized spacial score (nSPS) is 17.5. The summed E-state index contributed by atoms with van der Waals surface area (Å²) in [5.74, 6) is -2.88. The van der Waals surface area contributed by atoms with Crippen LogP contribution in [0.15, 0.2) is 72.3 Å². The Bertz CT molecular complexity index is 1360. The van der Waals surface area contributed by atoms with Crippen molar-refractivity contribution in [3.8, 4) is 5.75 Å². The first kappa shape index (κ1) is 25.1. The van der Waals surface area contributed by atoms with E-state index in [4.69, 9.17) is 4.74 Å². The van der Waals surface area contributed by atoms with Crippen LogP contribution in [0.4, 0.5) is 14.5 Å². The number of hydrogen-bond donors (Lipinski definition) is 1. The molecule has 36 heavy (non-hydrogen) atoms. The van der Waals surface area contributed by atoms with Crippen LogP contribution in [0.5, 0.6) is 5.75 Å². The maximum atomic E-state index is 15.0. The van der Waals surface area contributed by atoms with Crippen LogP contribution in [0.3, 0.4) is 0 Å². The zero-order valence-electron chi connectivity index (χ0n) is 20.5. The molecule has 0 spiro atoms. The Balaban J connectivity index is 1.96. The number of rotatable bonds is 5. The van der Waals surface area contributed by atoms with Crippen molar-refractivity contribution in [2.45, 2.75) is 39.2 Å². The molecule has 4 rings (SSSR count). The van der Waals surface area contributed by atoms with E-state index in [9.17, 15) is 19.1 Å². The van der Waals surface area contributed by atoms with E-state index in [1.54, 1.807) is 24.3 Å². The minimum Gasteiger partial charge on any atom is -0.507 e. The van der Waals surface area contributed by atoms with Gasteiger partial charge in [-0.15, -0.1) is 0 Å². The molecule has 5 nitrogen and oxygen atoms in total. The van der Waals surface area contributed by atoms with Crippen LogP contribution in [-0.4, -0.2) is 23.4 Å².